The Balaban J connectivity index is 1.84. The molecule has 2 unspecified atom stereocenters. The van der Waals surface area contributed by atoms with E-state index >= 15 is 0 Å². The quantitative estimate of drug-likeness (QED) is 0.347. The minimum absolute atomic E-state index is 0.429. The first-order chi connectivity index (χ1) is 5.90. The van der Waals surface area contributed by atoms with Crippen molar-refractivity contribution in [3.63, 3.8) is 0 Å². The Kier molecular flexibility index (Phi) is 2.01. The molecule has 0 radical (unpaired) electrons. The minimum atomic E-state index is 0.429. The maximum atomic E-state index is 5.28. The smallest absolute Gasteiger partial charge is 0.107 e. The Morgan fingerprint density at radius 1 is 1.58 bits per heavy atom. The van der Waals surface area contributed by atoms with Gasteiger partial charge in [0.1, 0.15) is 6.61 Å². The first-order valence-corrected chi connectivity index (χ1v) is 4.30. The Morgan fingerprint density at radius 2 is 2.50 bits per heavy atom. The number of hydrogen-bond donors (Lipinski definition) is 0. The molecule has 0 fully saturated rings. The van der Waals surface area contributed by atoms with Gasteiger partial charge in [-0.25, -0.2) is 0 Å². The molecule has 0 amide bonds. The molecule has 0 N–H and O–H groups in total. The Hall–Kier alpha value is -1.00. The number of allylic oxidation sites excluding steroid dienone is 3. The number of ether oxygens (including phenoxy) is 1. The van der Waals surface area contributed by atoms with Crippen molar-refractivity contribution in [1.29, 1.82) is 0 Å². The normalized spacial score (nSPS) is 30.4. The highest BCUT2D eigenvalue weighted by atomic mass is 16.5. The van der Waals surface area contributed by atoms with Crippen molar-refractivity contribution < 1.29 is 4.74 Å². The minimum Gasteiger partial charge on any atom is -0.364 e. The third kappa shape index (κ3) is 1.31. The molecule has 0 saturated carbocycles. The van der Waals surface area contributed by atoms with Crippen LogP contribution in [0.2, 0.25) is 0 Å². The van der Waals surface area contributed by atoms with Crippen molar-refractivity contribution >= 4 is 0 Å². The highest BCUT2D eigenvalue weighted by Gasteiger charge is 2.27. The molecular weight excluding hydrogens is 148 g/mol. The van der Waals surface area contributed by atoms with Crippen molar-refractivity contribution in [3.8, 4) is 12.3 Å². The van der Waals surface area contributed by atoms with Gasteiger partial charge in [-0.2, -0.15) is 0 Å². The fourth-order valence-corrected chi connectivity index (χ4v) is 1.91. The fourth-order valence-electron chi connectivity index (χ4n) is 1.91. The van der Waals surface area contributed by atoms with Crippen molar-refractivity contribution in [3.05, 3.63) is 23.8 Å². The molecule has 0 aromatic carbocycles. The molecule has 2 aliphatic carbocycles. The van der Waals surface area contributed by atoms with Crippen molar-refractivity contribution in [2.45, 2.75) is 6.42 Å². The molecule has 0 aromatic heterocycles. The molecule has 0 spiro atoms. The molecule has 12 heavy (non-hydrogen) atoms. The van der Waals surface area contributed by atoms with Gasteiger partial charge in [0.15, 0.2) is 0 Å². The third-order valence-corrected chi connectivity index (χ3v) is 2.48. The van der Waals surface area contributed by atoms with E-state index in [9.17, 15) is 0 Å². The number of terminal acetylenes is 1. The lowest BCUT2D eigenvalue weighted by Crippen LogP contribution is -2.03. The summed E-state index contributed by atoms with van der Waals surface area (Å²) >= 11 is 0. The Morgan fingerprint density at radius 3 is 3.08 bits per heavy atom. The van der Waals surface area contributed by atoms with Crippen LogP contribution < -0.4 is 0 Å². The van der Waals surface area contributed by atoms with Crippen LogP contribution in [0.5, 0.6) is 0 Å². The van der Waals surface area contributed by atoms with E-state index in [2.05, 4.69) is 24.1 Å². The van der Waals surface area contributed by atoms with Crippen molar-refractivity contribution in [2.75, 3.05) is 13.2 Å². The van der Waals surface area contributed by atoms with Gasteiger partial charge in [-0.3, -0.25) is 0 Å². The van der Waals surface area contributed by atoms with Gasteiger partial charge in [-0.15, -0.1) is 6.42 Å². The predicted octanol–water partition coefficient (Wildman–Crippen LogP) is 1.77. The van der Waals surface area contributed by atoms with E-state index in [-0.39, 0.29) is 0 Å². The van der Waals surface area contributed by atoms with E-state index in [1.54, 1.807) is 0 Å². The van der Waals surface area contributed by atoms with Gasteiger partial charge in [-0.1, -0.05) is 24.1 Å². The van der Waals surface area contributed by atoms with Crippen LogP contribution in [-0.2, 0) is 4.74 Å². The van der Waals surface area contributed by atoms with Crippen LogP contribution in [0, 0.1) is 24.2 Å². The van der Waals surface area contributed by atoms with Gasteiger partial charge < -0.3 is 4.74 Å². The molecule has 1 heteroatoms. The Bertz CT molecular complexity index is 267. The fraction of sp³-hybridized carbons (Fsp3) is 0.455. The first-order valence-electron chi connectivity index (χ1n) is 4.30. The summed E-state index contributed by atoms with van der Waals surface area (Å²) in [6, 6.07) is 0. The summed E-state index contributed by atoms with van der Waals surface area (Å²) in [5, 5.41) is 0. The molecule has 2 bridgehead atoms. The maximum absolute atomic E-state index is 5.28. The first kappa shape index (κ1) is 7.64. The predicted molar refractivity (Wildman–Crippen MR) is 48.5 cm³/mol. The zero-order valence-electron chi connectivity index (χ0n) is 6.99. The molecule has 1 nitrogen and oxygen atoms in total. The number of fused-ring (bicyclic) bond motifs is 2. The second kappa shape index (κ2) is 3.16. The summed E-state index contributed by atoms with van der Waals surface area (Å²) in [6.07, 6.45) is 13.2. The van der Waals surface area contributed by atoms with Crippen molar-refractivity contribution in [2.24, 2.45) is 11.8 Å². The lowest BCUT2D eigenvalue weighted by Gasteiger charge is -2.08. The molecule has 0 aliphatic heterocycles. The standard InChI is InChI=1S/C11H12O/c1-2-5-12-8-11-7-9-3-4-10(11)6-9/h1,3-4,7,9-10H,5-6,8H2. The van der Waals surface area contributed by atoms with Crippen LogP contribution in [0.15, 0.2) is 23.8 Å². The number of rotatable bonds is 3. The largest absolute Gasteiger partial charge is 0.364 e. The van der Waals surface area contributed by atoms with Gasteiger partial charge in [-0.05, 0) is 17.9 Å². The monoisotopic (exact) mass is 160 g/mol. The van der Waals surface area contributed by atoms with Gasteiger partial charge in [0.25, 0.3) is 0 Å². The third-order valence-electron chi connectivity index (χ3n) is 2.48. The van der Waals surface area contributed by atoms with E-state index in [1.165, 1.54) is 12.0 Å². The zero-order chi connectivity index (χ0) is 8.39. The van der Waals surface area contributed by atoms with Crippen LogP contribution in [0.1, 0.15) is 6.42 Å². The van der Waals surface area contributed by atoms with E-state index in [0.717, 1.165) is 6.61 Å². The highest BCUT2D eigenvalue weighted by molar-refractivity contribution is 5.30. The van der Waals surface area contributed by atoms with Crippen molar-refractivity contribution in [1.82, 2.24) is 0 Å². The van der Waals surface area contributed by atoms with Crippen LogP contribution >= 0.6 is 0 Å². The van der Waals surface area contributed by atoms with Crippen LogP contribution in [0.3, 0.4) is 0 Å². The summed E-state index contributed by atoms with van der Waals surface area (Å²) in [4.78, 5) is 0. The zero-order valence-corrected chi connectivity index (χ0v) is 6.99. The van der Waals surface area contributed by atoms with E-state index in [0.29, 0.717) is 18.4 Å². The van der Waals surface area contributed by atoms with Gasteiger partial charge >= 0.3 is 0 Å². The lowest BCUT2D eigenvalue weighted by molar-refractivity contribution is 0.187. The van der Waals surface area contributed by atoms with Crippen LogP contribution in [0.25, 0.3) is 0 Å². The second-order valence-electron chi connectivity index (χ2n) is 3.33. The summed E-state index contributed by atoms with van der Waals surface area (Å²) in [6.45, 7) is 1.15. The molecule has 2 atom stereocenters. The summed E-state index contributed by atoms with van der Waals surface area (Å²) in [5.41, 5.74) is 1.41. The van der Waals surface area contributed by atoms with E-state index < -0.39 is 0 Å². The van der Waals surface area contributed by atoms with Gasteiger partial charge in [0.05, 0.1) is 6.61 Å². The van der Waals surface area contributed by atoms with Gasteiger partial charge in [0, 0.05) is 5.92 Å². The molecule has 0 saturated heterocycles. The topological polar surface area (TPSA) is 9.23 Å². The Labute approximate surface area is 73.1 Å². The average Bonchev–Trinajstić information content (AvgIpc) is 2.65. The molecule has 62 valence electrons. The maximum Gasteiger partial charge on any atom is 0.107 e. The lowest BCUT2D eigenvalue weighted by atomic mass is 10.0. The van der Waals surface area contributed by atoms with E-state index in [1.807, 2.05) is 0 Å². The SMILES string of the molecule is C#CCOCC1=CC2C=CC1C2. The highest BCUT2D eigenvalue weighted by Crippen LogP contribution is 2.37. The van der Waals surface area contributed by atoms with E-state index in [4.69, 9.17) is 11.2 Å². The number of hydrogen-bond acceptors (Lipinski definition) is 1. The summed E-state index contributed by atoms with van der Waals surface area (Å²) in [7, 11) is 0. The van der Waals surface area contributed by atoms with Crippen LogP contribution in [-0.4, -0.2) is 13.2 Å². The molecule has 0 heterocycles. The van der Waals surface area contributed by atoms with Crippen LogP contribution in [0.4, 0.5) is 0 Å². The summed E-state index contributed by atoms with van der Waals surface area (Å²) in [5.74, 6) is 3.79. The summed E-state index contributed by atoms with van der Waals surface area (Å²) < 4.78 is 5.28. The van der Waals surface area contributed by atoms with Gasteiger partial charge in [0.2, 0.25) is 0 Å². The molecule has 2 aliphatic rings. The molecule has 2 rings (SSSR count). The average molecular weight is 160 g/mol. The molecular formula is C11H12O. The molecule has 0 aromatic rings. The second-order valence-corrected chi connectivity index (χ2v) is 3.33.